The van der Waals surface area contributed by atoms with Gasteiger partial charge in [-0.25, -0.2) is 4.68 Å². The molecule has 5 nitrogen and oxygen atoms in total. The fourth-order valence-electron chi connectivity index (χ4n) is 4.37. The molecule has 142 valence electrons. The fraction of sp³-hybridized carbons (Fsp3) is 0.304. The first-order valence-electron chi connectivity index (χ1n) is 10.0. The van der Waals surface area contributed by atoms with Gasteiger partial charge < -0.3 is 10.3 Å². The Morgan fingerprint density at radius 2 is 1.96 bits per heavy atom. The van der Waals surface area contributed by atoms with Crippen LogP contribution in [0, 0.1) is 0 Å². The Hall–Kier alpha value is -2.92. The largest absolute Gasteiger partial charge is 0.316 e. The van der Waals surface area contributed by atoms with E-state index in [1.165, 1.54) is 16.7 Å². The summed E-state index contributed by atoms with van der Waals surface area (Å²) in [6.45, 7) is 1.47. The molecule has 1 aromatic carbocycles. The molecule has 2 aromatic heterocycles. The van der Waals surface area contributed by atoms with Crippen molar-refractivity contribution < 1.29 is 0 Å². The van der Waals surface area contributed by atoms with Crippen molar-refractivity contribution in [1.82, 2.24) is 20.1 Å². The van der Waals surface area contributed by atoms with E-state index < -0.39 is 0 Å². The molecule has 3 aromatic rings. The van der Waals surface area contributed by atoms with Crippen molar-refractivity contribution >= 4 is 16.6 Å². The number of aromatic amines is 1. The summed E-state index contributed by atoms with van der Waals surface area (Å²) in [6.07, 6.45) is 10.3. The Bertz CT molecular complexity index is 1180. The van der Waals surface area contributed by atoms with Crippen LogP contribution in [0.15, 0.2) is 47.3 Å². The minimum absolute atomic E-state index is 0.0527. The molecule has 2 N–H and O–H groups in total. The van der Waals surface area contributed by atoms with Gasteiger partial charge in [-0.15, -0.1) is 0 Å². The molecule has 0 spiro atoms. The number of fused-ring (bicyclic) bond motifs is 3. The normalized spacial score (nSPS) is 15.4. The van der Waals surface area contributed by atoms with Crippen LogP contribution in [0.5, 0.6) is 0 Å². The van der Waals surface area contributed by atoms with Gasteiger partial charge >= 0.3 is 0 Å². The lowest BCUT2D eigenvalue weighted by molar-refractivity contribution is 0.678. The molecule has 5 heteroatoms. The molecule has 2 aliphatic carbocycles. The van der Waals surface area contributed by atoms with Crippen LogP contribution in [0.4, 0.5) is 0 Å². The first-order valence-corrected chi connectivity index (χ1v) is 10.0. The molecule has 0 unspecified atom stereocenters. The molecular weight excluding hydrogens is 348 g/mol. The SMILES string of the molecule is CNCc1cccc(Cn2nc(C3=CC=C3)c3c4c(c(=O)[nH]c32)CCCC4)c1. The van der Waals surface area contributed by atoms with Gasteiger partial charge in [-0.05, 0) is 49.4 Å². The number of nitrogens with zero attached hydrogens (tertiary/aromatic N) is 2. The predicted molar refractivity (Wildman–Crippen MR) is 112 cm³/mol. The third kappa shape index (κ3) is 2.83. The highest BCUT2D eigenvalue weighted by molar-refractivity contribution is 5.96. The molecule has 0 bridgehead atoms. The van der Waals surface area contributed by atoms with Gasteiger partial charge in [0.25, 0.3) is 5.56 Å². The zero-order valence-electron chi connectivity index (χ0n) is 16.1. The number of hydrogen-bond acceptors (Lipinski definition) is 3. The fourth-order valence-corrected chi connectivity index (χ4v) is 4.37. The molecular formula is C23H24N4O. The average molecular weight is 372 g/mol. The van der Waals surface area contributed by atoms with Crippen molar-refractivity contribution in [3.05, 3.63) is 80.8 Å². The summed E-state index contributed by atoms with van der Waals surface area (Å²) in [7, 11) is 1.95. The van der Waals surface area contributed by atoms with Crippen LogP contribution in [0.3, 0.4) is 0 Å². The lowest BCUT2D eigenvalue weighted by Crippen LogP contribution is -2.20. The smallest absolute Gasteiger partial charge is 0.253 e. The number of nitrogens with one attached hydrogen (secondary N) is 2. The van der Waals surface area contributed by atoms with Crippen molar-refractivity contribution in [3.8, 4) is 0 Å². The number of H-pyrrole nitrogens is 1. The van der Waals surface area contributed by atoms with E-state index in [1.54, 1.807) is 0 Å². The predicted octanol–water partition coefficient (Wildman–Crippen LogP) is 3.32. The summed E-state index contributed by atoms with van der Waals surface area (Å²) in [5.74, 6) is 0. The topological polar surface area (TPSA) is 62.7 Å². The summed E-state index contributed by atoms with van der Waals surface area (Å²) in [4.78, 5) is 15.9. The molecule has 0 radical (unpaired) electrons. The van der Waals surface area contributed by atoms with Crippen molar-refractivity contribution in [3.63, 3.8) is 0 Å². The average Bonchev–Trinajstić information content (AvgIpc) is 2.99. The van der Waals surface area contributed by atoms with E-state index in [0.717, 1.165) is 60.1 Å². The lowest BCUT2D eigenvalue weighted by Gasteiger charge is -2.16. The van der Waals surface area contributed by atoms with Crippen LogP contribution in [-0.2, 0) is 25.9 Å². The van der Waals surface area contributed by atoms with Crippen molar-refractivity contribution in [1.29, 1.82) is 0 Å². The summed E-state index contributed by atoms with van der Waals surface area (Å²) in [5, 5.41) is 9.27. The minimum Gasteiger partial charge on any atom is -0.316 e. The van der Waals surface area contributed by atoms with Gasteiger partial charge in [-0.1, -0.05) is 42.5 Å². The van der Waals surface area contributed by atoms with Gasteiger partial charge in [0, 0.05) is 23.1 Å². The molecule has 28 heavy (non-hydrogen) atoms. The zero-order valence-corrected chi connectivity index (χ0v) is 16.1. The lowest BCUT2D eigenvalue weighted by atomic mass is 9.89. The van der Waals surface area contributed by atoms with Gasteiger partial charge in [-0.3, -0.25) is 4.79 Å². The monoisotopic (exact) mass is 372 g/mol. The van der Waals surface area contributed by atoms with E-state index in [-0.39, 0.29) is 5.56 Å². The number of pyridine rings is 1. The van der Waals surface area contributed by atoms with Crippen LogP contribution < -0.4 is 10.9 Å². The third-order valence-electron chi connectivity index (χ3n) is 5.76. The van der Waals surface area contributed by atoms with Gasteiger partial charge in [0.2, 0.25) is 0 Å². The van der Waals surface area contributed by atoms with Crippen molar-refractivity contribution in [2.75, 3.05) is 7.05 Å². The Balaban J connectivity index is 1.66. The second-order valence-electron chi connectivity index (χ2n) is 7.68. The minimum atomic E-state index is 0.0527. The van der Waals surface area contributed by atoms with E-state index >= 15 is 0 Å². The molecule has 0 fully saturated rings. The van der Waals surface area contributed by atoms with Crippen LogP contribution >= 0.6 is 0 Å². The molecule has 2 heterocycles. The maximum atomic E-state index is 12.8. The quantitative estimate of drug-likeness (QED) is 0.722. The summed E-state index contributed by atoms with van der Waals surface area (Å²) in [5.41, 5.74) is 7.63. The molecule has 0 amide bonds. The summed E-state index contributed by atoms with van der Waals surface area (Å²) in [6, 6.07) is 8.51. The third-order valence-corrected chi connectivity index (χ3v) is 5.76. The van der Waals surface area contributed by atoms with Gasteiger partial charge in [0.1, 0.15) is 11.3 Å². The Morgan fingerprint density at radius 1 is 1.18 bits per heavy atom. The van der Waals surface area contributed by atoms with E-state index in [1.807, 2.05) is 17.8 Å². The molecule has 2 aliphatic rings. The van der Waals surface area contributed by atoms with Crippen LogP contribution in [0.2, 0.25) is 0 Å². The molecule has 5 rings (SSSR count). The van der Waals surface area contributed by atoms with E-state index in [2.05, 4.69) is 46.7 Å². The second kappa shape index (κ2) is 6.91. The maximum absolute atomic E-state index is 12.8. The van der Waals surface area contributed by atoms with Crippen molar-refractivity contribution in [2.45, 2.75) is 38.8 Å². The molecule has 0 saturated heterocycles. The molecule has 0 aliphatic heterocycles. The number of hydrogen-bond donors (Lipinski definition) is 2. The number of benzene rings is 1. The summed E-state index contributed by atoms with van der Waals surface area (Å²) < 4.78 is 1.96. The van der Waals surface area contributed by atoms with Crippen LogP contribution in [0.25, 0.3) is 16.6 Å². The Kier molecular flexibility index (Phi) is 4.24. The molecule has 0 saturated carbocycles. The first-order chi connectivity index (χ1) is 13.7. The van der Waals surface area contributed by atoms with E-state index in [0.29, 0.717) is 6.54 Å². The highest BCUT2D eigenvalue weighted by atomic mass is 16.1. The Labute approximate surface area is 163 Å². The maximum Gasteiger partial charge on any atom is 0.253 e. The summed E-state index contributed by atoms with van der Waals surface area (Å²) >= 11 is 0. The first kappa shape index (κ1) is 17.2. The van der Waals surface area contributed by atoms with Gasteiger partial charge in [-0.2, -0.15) is 5.10 Å². The van der Waals surface area contributed by atoms with Crippen LogP contribution in [0.1, 0.15) is 40.8 Å². The van der Waals surface area contributed by atoms with Crippen molar-refractivity contribution in [2.24, 2.45) is 0 Å². The highest BCUT2D eigenvalue weighted by Crippen LogP contribution is 2.33. The number of allylic oxidation sites excluding steroid dienone is 4. The van der Waals surface area contributed by atoms with Crippen LogP contribution in [-0.4, -0.2) is 21.8 Å². The highest BCUT2D eigenvalue weighted by Gasteiger charge is 2.24. The standard InChI is InChI=1S/C23H24N4O/c1-24-13-15-6-4-7-16(12-15)14-27-22-20(21(26-27)17-8-5-9-17)18-10-2-3-11-19(18)23(28)25-22/h4-9,12,24H,2-3,10-11,13-14H2,1H3,(H,25,28). The number of aryl methyl sites for hydroxylation is 1. The number of rotatable bonds is 5. The Morgan fingerprint density at radius 3 is 2.71 bits per heavy atom. The second-order valence-corrected chi connectivity index (χ2v) is 7.68. The van der Waals surface area contributed by atoms with E-state index in [4.69, 9.17) is 5.10 Å². The zero-order chi connectivity index (χ0) is 19.1. The number of aromatic nitrogens is 3. The molecule has 0 atom stereocenters. The van der Waals surface area contributed by atoms with Gasteiger partial charge in [0.05, 0.1) is 6.54 Å². The van der Waals surface area contributed by atoms with E-state index in [9.17, 15) is 4.79 Å². The van der Waals surface area contributed by atoms with Gasteiger partial charge in [0.15, 0.2) is 0 Å².